The number of benzene rings is 7. The van der Waals surface area contributed by atoms with Gasteiger partial charge in [-0.15, -0.1) is 0 Å². The number of rotatable bonds is 6. The average Bonchev–Trinajstić information content (AvgIpc) is 3.02. The number of nitrogens with one attached hydrogen (secondary N) is 1. The van der Waals surface area contributed by atoms with Gasteiger partial charge in [0.1, 0.15) is 0 Å². The van der Waals surface area contributed by atoms with Crippen LogP contribution in [0.4, 0.5) is 0 Å². The molecule has 1 N–H and O–H groups in total. The summed E-state index contributed by atoms with van der Waals surface area (Å²) in [7, 11) is 0. The van der Waals surface area contributed by atoms with Gasteiger partial charge in [-0.3, -0.25) is 0 Å². The maximum absolute atomic E-state index is 8.58. The molecule has 41 heavy (non-hydrogen) atoms. The quantitative estimate of drug-likeness (QED) is 0.127. The fourth-order valence-electron chi connectivity index (χ4n) is 6.14. The highest BCUT2D eigenvalue weighted by Gasteiger charge is 2.17. The van der Waals surface area contributed by atoms with Crippen LogP contribution in [0.15, 0.2) is 146 Å². The molecule has 0 unspecified atom stereocenters. The van der Waals surface area contributed by atoms with Crippen molar-refractivity contribution in [2.75, 3.05) is 0 Å². The molecule has 0 bridgehead atoms. The molecule has 0 aliphatic heterocycles. The number of hydrogen-bond donors (Lipinski definition) is 1. The fraction of sp³-hybridized carbons (Fsp3) is 0.0250. The van der Waals surface area contributed by atoms with Crippen molar-refractivity contribution in [1.29, 1.82) is 5.41 Å². The van der Waals surface area contributed by atoms with Crippen molar-refractivity contribution < 1.29 is 0 Å². The van der Waals surface area contributed by atoms with E-state index in [9.17, 15) is 0 Å². The predicted molar refractivity (Wildman–Crippen MR) is 177 cm³/mol. The Balaban J connectivity index is 1.50. The van der Waals surface area contributed by atoms with Gasteiger partial charge in [-0.25, -0.2) is 0 Å². The molecule has 0 fully saturated rings. The highest BCUT2D eigenvalue weighted by Crippen LogP contribution is 2.44. The van der Waals surface area contributed by atoms with E-state index in [0.717, 1.165) is 11.1 Å². The minimum atomic E-state index is 0.469. The number of allylic oxidation sites excluding steroid dienone is 3. The Morgan fingerprint density at radius 2 is 1.20 bits per heavy atom. The number of hydrogen-bond acceptors (Lipinski definition) is 1. The van der Waals surface area contributed by atoms with Gasteiger partial charge in [-0.2, -0.15) is 0 Å². The molecule has 0 aromatic heterocycles. The van der Waals surface area contributed by atoms with E-state index >= 15 is 0 Å². The topological polar surface area (TPSA) is 23.9 Å². The van der Waals surface area contributed by atoms with E-state index < -0.39 is 0 Å². The normalized spacial score (nSPS) is 11.6. The minimum absolute atomic E-state index is 0.469. The Kier molecular flexibility index (Phi) is 6.06. The zero-order valence-electron chi connectivity index (χ0n) is 23.0. The summed E-state index contributed by atoms with van der Waals surface area (Å²) in [6, 6.07) is 43.8. The van der Waals surface area contributed by atoms with Gasteiger partial charge in [-0.05, 0) is 102 Å². The Labute approximate surface area is 240 Å². The third-order valence-electron chi connectivity index (χ3n) is 8.05. The van der Waals surface area contributed by atoms with Crippen LogP contribution in [-0.2, 0) is 0 Å². The largest absolute Gasteiger partial charge is 0.300 e. The van der Waals surface area contributed by atoms with Crippen LogP contribution in [0.25, 0.3) is 65.7 Å². The van der Waals surface area contributed by atoms with Gasteiger partial charge in [0.05, 0.1) is 5.71 Å². The molecular weight excluding hydrogens is 494 g/mol. The molecule has 0 heterocycles. The van der Waals surface area contributed by atoms with Crippen LogP contribution in [0, 0.1) is 12.3 Å². The lowest BCUT2D eigenvalue weighted by Crippen LogP contribution is -1.95. The van der Waals surface area contributed by atoms with Gasteiger partial charge in [-0.1, -0.05) is 128 Å². The summed E-state index contributed by atoms with van der Waals surface area (Å²) in [5.74, 6) is 0. The zero-order chi connectivity index (χ0) is 27.9. The molecular formula is C40H29N. The first kappa shape index (κ1) is 24.7. The predicted octanol–water partition coefficient (Wildman–Crippen LogP) is 11.0. The van der Waals surface area contributed by atoms with E-state index in [4.69, 9.17) is 5.41 Å². The van der Waals surface area contributed by atoms with Crippen molar-refractivity contribution in [2.24, 2.45) is 0 Å². The van der Waals surface area contributed by atoms with Gasteiger partial charge < -0.3 is 5.41 Å². The third-order valence-corrected chi connectivity index (χ3v) is 8.05. The van der Waals surface area contributed by atoms with E-state index in [2.05, 4.69) is 129 Å². The van der Waals surface area contributed by atoms with Crippen LogP contribution in [0.3, 0.4) is 0 Å². The van der Waals surface area contributed by atoms with Crippen molar-refractivity contribution >= 4 is 38.0 Å². The molecule has 0 amide bonds. The van der Waals surface area contributed by atoms with Gasteiger partial charge in [0.15, 0.2) is 0 Å². The van der Waals surface area contributed by atoms with Crippen LogP contribution in [-0.4, -0.2) is 5.71 Å². The lowest BCUT2D eigenvalue weighted by molar-refractivity contribution is 1.49. The summed E-state index contributed by atoms with van der Waals surface area (Å²) in [5, 5.41) is 16.2. The highest BCUT2D eigenvalue weighted by atomic mass is 14.4. The molecule has 0 saturated heterocycles. The minimum Gasteiger partial charge on any atom is -0.300 e. The standard InChI is InChI=1S/C40H29N/c1-3-4-13-38(41)31-12-8-11-30(24-31)37-25-36(29-16-14-28(15-17-29)27-9-6-5-7-10-27)34-20-18-32-22-26(2)23-33-19-21-35(37)40(34)39(32)33/h3-25,41H,1H2,2H3/b13-4-,41-38?. The van der Waals surface area contributed by atoms with Crippen molar-refractivity contribution in [1.82, 2.24) is 0 Å². The Hall–Kier alpha value is -5.27. The van der Waals surface area contributed by atoms with Crippen molar-refractivity contribution in [3.63, 3.8) is 0 Å². The summed E-state index contributed by atoms with van der Waals surface area (Å²) >= 11 is 0. The molecule has 7 aromatic rings. The molecule has 7 aromatic carbocycles. The average molecular weight is 524 g/mol. The first-order chi connectivity index (χ1) is 20.1. The maximum atomic E-state index is 8.58. The Morgan fingerprint density at radius 3 is 1.88 bits per heavy atom. The first-order valence-corrected chi connectivity index (χ1v) is 14.0. The lowest BCUT2D eigenvalue weighted by atomic mass is 9.84. The second-order valence-electron chi connectivity index (χ2n) is 10.7. The van der Waals surface area contributed by atoms with Crippen molar-refractivity contribution in [3.05, 3.63) is 157 Å². The second-order valence-corrected chi connectivity index (χ2v) is 10.7. The summed E-state index contributed by atoms with van der Waals surface area (Å²) in [6.07, 6.45) is 5.30. The maximum Gasteiger partial charge on any atom is 0.0612 e. The van der Waals surface area contributed by atoms with Gasteiger partial charge >= 0.3 is 0 Å². The molecule has 194 valence electrons. The van der Waals surface area contributed by atoms with Crippen LogP contribution in [0.2, 0.25) is 0 Å². The monoisotopic (exact) mass is 523 g/mol. The summed E-state index contributed by atoms with van der Waals surface area (Å²) in [5.41, 5.74) is 9.75. The fourth-order valence-corrected chi connectivity index (χ4v) is 6.14. The molecule has 0 spiro atoms. The van der Waals surface area contributed by atoms with E-state index in [1.165, 1.54) is 65.7 Å². The van der Waals surface area contributed by atoms with E-state index in [0.29, 0.717) is 5.71 Å². The van der Waals surface area contributed by atoms with E-state index in [1.807, 2.05) is 12.1 Å². The van der Waals surface area contributed by atoms with Crippen molar-refractivity contribution in [2.45, 2.75) is 6.92 Å². The molecule has 7 rings (SSSR count). The van der Waals surface area contributed by atoms with Gasteiger partial charge in [0.25, 0.3) is 0 Å². The highest BCUT2D eigenvalue weighted by molar-refractivity contribution is 6.28. The number of aryl methyl sites for hydroxylation is 1. The molecule has 0 atom stereocenters. The van der Waals surface area contributed by atoms with E-state index in [-0.39, 0.29) is 0 Å². The molecule has 0 aliphatic rings. The molecule has 0 aliphatic carbocycles. The van der Waals surface area contributed by atoms with Crippen LogP contribution in [0.1, 0.15) is 11.1 Å². The van der Waals surface area contributed by atoms with Crippen LogP contribution < -0.4 is 0 Å². The van der Waals surface area contributed by atoms with Gasteiger partial charge in [0, 0.05) is 0 Å². The zero-order valence-corrected chi connectivity index (χ0v) is 23.0. The Bertz CT molecular complexity index is 2090. The molecule has 0 radical (unpaired) electrons. The lowest BCUT2D eigenvalue weighted by Gasteiger charge is -2.19. The van der Waals surface area contributed by atoms with Gasteiger partial charge in [0.2, 0.25) is 0 Å². The van der Waals surface area contributed by atoms with Crippen LogP contribution in [0.5, 0.6) is 0 Å². The summed E-state index contributed by atoms with van der Waals surface area (Å²) < 4.78 is 0. The second kappa shape index (κ2) is 10.0. The smallest absolute Gasteiger partial charge is 0.0612 e. The van der Waals surface area contributed by atoms with E-state index in [1.54, 1.807) is 12.2 Å². The molecule has 0 saturated carbocycles. The molecule has 1 heteroatoms. The third kappa shape index (κ3) is 4.33. The van der Waals surface area contributed by atoms with Crippen LogP contribution >= 0.6 is 0 Å². The first-order valence-electron chi connectivity index (χ1n) is 14.0. The summed E-state index contributed by atoms with van der Waals surface area (Å²) in [6.45, 7) is 5.92. The SMILES string of the molecule is C=C/C=C\C(=N)c1cccc(-c2cc(-c3ccc(-c4ccccc4)cc3)c3ccc4cc(C)cc5ccc2c3c45)c1. The summed E-state index contributed by atoms with van der Waals surface area (Å²) in [4.78, 5) is 0. The van der Waals surface area contributed by atoms with Crippen molar-refractivity contribution in [3.8, 4) is 33.4 Å². The molecule has 1 nitrogen and oxygen atoms in total. The Morgan fingerprint density at radius 1 is 0.585 bits per heavy atom.